The summed E-state index contributed by atoms with van der Waals surface area (Å²) in [6, 6.07) is 32.6. The summed E-state index contributed by atoms with van der Waals surface area (Å²) in [6.45, 7) is 0. The van der Waals surface area contributed by atoms with Gasteiger partial charge in [-0.1, -0.05) is 60.7 Å². The zero-order chi connectivity index (χ0) is 21.5. The quantitative estimate of drug-likeness (QED) is 0.303. The zero-order valence-corrected chi connectivity index (χ0v) is 16.7. The van der Waals surface area contributed by atoms with Gasteiger partial charge in [0.05, 0.1) is 11.1 Å². The van der Waals surface area contributed by atoms with E-state index in [0.29, 0.717) is 29.0 Å². The average Bonchev–Trinajstić information content (AvgIpc) is 2.82. The number of carbonyl (C=O) groups excluding carboxylic acids is 2. The van der Waals surface area contributed by atoms with Gasteiger partial charge in [-0.25, -0.2) is 9.59 Å². The summed E-state index contributed by atoms with van der Waals surface area (Å²) in [7, 11) is 0. The molecule has 0 aliphatic carbocycles. The van der Waals surface area contributed by atoms with Crippen LogP contribution in [0.4, 0.5) is 0 Å². The standard InChI is InChI=1S/C27H20O4/c28-26(22-7-3-1-4-8-22)30-24-15-11-20(12-16-24)19-21-13-17-25(18-14-21)31-27(29)23-9-5-2-6-10-23/h1-18H,19H2. The van der Waals surface area contributed by atoms with Crippen molar-refractivity contribution < 1.29 is 19.1 Å². The number of rotatable bonds is 6. The molecule has 152 valence electrons. The van der Waals surface area contributed by atoms with Gasteiger partial charge in [-0.2, -0.15) is 0 Å². The van der Waals surface area contributed by atoms with Crippen molar-refractivity contribution >= 4 is 11.9 Å². The van der Waals surface area contributed by atoms with Gasteiger partial charge in [-0.15, -0.1) is 0 Å². The Morgan fingerprint density at radius 3 is 1.19 bits per heavy atom. The highest BCUT2D eigenvalue weighted by atomic mass is 16.5. The number of hydrogen-bond acceptors (Lipinski definition) is 4. The smallest absolute Gasteiger partial charge is 0.343 e. The van der Waals surface area contributed by atoms with Crippen molar-refractivity contribution in [1.82, 2.24) is 0 Å². The lowest BCUT2D eigenvalue weighted by molar-refractivity contribution is 0.0725. The first kappa shape index (κ1) is 20.1. The molecule has 31 heavy (non-hydrogen) atoms. The van der Waals surface area contributed by atoms with Crippen LogP contribution in [0.15, 0.2) is 109 Å². The first-order valence-corrected chi connectivity index (χ1v) is 9.90. The molecule has 0 fully saturated rings. The second-order valence-electron chi connectivity index (χ2n) is 6.98. The van der Waals surface area contributed by atoms with E-state index in [0.717, 1.165) is 11.1 Å². The molecule has 4 nitrogen and oxygen atoms in total. The fraction of sp³-hybridized carbons (Fsp3) is 0.0370. The molecule has 0 radical (unpaired) electrons. The van der Waals surface area contributed by atoms with E-state index >= 15 is 0 Å². The summed E-state index contributed by atoms with van der Waals surface area (Å²) in [6.07, 6.45) is 0.708. The largest absolute Gasteiger partial charge is 0.423 e. The maximum absolute atomic E-state index is 12.1. The van der Waals surface area contributed by atoms with Crippen LogP contribution < -0.4 is 9.47 Å². The fourth-order valence-corrected chi connectivity index (χ4v) is 3.07. The predicted octanol–water partition coefficient (Wildman–Crippen LogP) is 5.72. The lowest BCUT2D eigenvalue weighted by atomic mass is 10.0. The SMILES string of the molecule is O=C(Oc1ccc(Cc2ccc(OC(=O)c3ccccc3)cc2)cc1)c1ccccc1. The van der Waals surface area contributed by atoms with Gasteiger partial charge in [0.25, 0.3) is 0 Å². The molecule has 4 aromatic carbocycles. The van der Waals surface area contributed by atoms with Crippen molar-refractivity contribution in [2.24, 2.45) is 0 Å². The molecule has 0 saturated heterocycles. The molecule has 0 bridgehead atoms. The van der Waals surface area contributed by atoms with Crippen molar-refractivity contribution in [1.29, 1.82) is 0 Å². The Morgan fingerprint density at radius 1 is 0.484 bits per heavy atom. The third-order valence-corrected chi connectivity index (χ3v) is 4.70. The highest BCUT2D eigenvalue weighted by Gasteiger charge is 2.09. The topological polar surface area (TPSA) is 52.6 Å². The Hall–Kier alpha value is -4.18. The summed E-state index contributed by atoms with van der Waals surface area (Å²) < 4.78 is 10.8. The van der Waals surface area contributed by atoms with E-state index in [-0.39, 0.29) is 11.9 Å². The first-order chi connectivity index (χ1) is 15.2. The van der Waals surface area contributed by atoms with Crippen LogP contribution in [0.25, 0.3) is 0 Å². The molecule has 0 unspecified atom stereocenters. The van der Waals surface area contributed by atoms with Gasteiger partial charge in [0.15, 0.2) is 0 Å². The number of esters is 2. The minimum Gasteiger partial charge on any atom is -0.423 e. The third-order valence-electron chi connectivity index (χ3n) is 4.70. The fourth-order valence-electron chi connectivity index (χ4n) is 3.07. The second kappa shape index (κ2) is 9.55. The number of carbonyl (C=O) groups is 2. The molecular formula is C27H20O4. The molecule has 4 heteroatoms. The first-order valence-electron chi connectivity index (χ1n) is 9.90. The minimum absolute atomic E-state index is 0.381. The molecule has 0 spiro atoms. The Bertz CT molecular complexity index is 1050. The summed E-state index contributed by atoms with van der Waals surface area (Å²) in [5.41, 5.74) is 3.18. The molecule has 4 aromatic rings. The molecule has 0 aliphatic heterocycles. The molecule has 4 rings (SSSR count). The van der Waals surface area contributed by atoms with Crippen LogP contribution in [-0.2, 0) is 6.42 Å². The molecule has 0 atom stereocenters. The predicted molar refractivity (Wildman–Crippen MR) is 118 cm³/mol. The van der Waals surface area contributed by atoms with E-state index < -0.39 is 0 Å². The van der Waals surface area contributed by atoms with E-state index in [9.17, 15) is 9.59 Å². The summed E-state index contributed by atoms with van der Waals surface area (Å²) in [5, 5.41) is 0. The van der Waals surface area contributed by atoms with E-state index in [1.807, 2.05) is 36.4 Å². The van der Waals surface area contributed by atoms with Crippen molar-refractivity contribution in [2.75, 3.05) is 0 Å². The van der Waals surface area contributed by atoms with Crippen molar-refractivity contribution in [3.05, 3.63) is 131 Å². The summed E-state index contributed by atoms with van der Waals surface area (Å²) >= 11 is 0. The normalized spacial score (nSPS) is 10.3. The van der Waals surface area contributed by atoms with Crippen LogP contribution in [-0.4, -0.2) is 11.9 Å². The Labute approximate surface area is 180 Å². The molecule has 0 heterocycles. The van der Waals surface area contributed by atoms with E-state index in [1.54, 1.807) is 72.8 Å². The van der Waals surface area contributed by atoms with Gasteiger partial charge in [0.1, 0.15) is 11.5 Å². The molecule has 0 saturated carbocycles. The van der Waals surface area contributed by atoms with E-state index in [1.165, 1.54) is 0 Å². The van der Waals surface area contributed by atoms with E-state index in [2.05, 4.69) is 0 Å². The van der Waals surface area contributed by atoms with Gasteiger partial charge < -0.3 is 9.47 Å². The second-order valence-corrected chi connectivity index (χ2v) is 6.98. The Balaban J connectivity index is 1.34. The van der Waals surface area contributed by atoms with Crippen LogP contribution in [0.2, 0.25) is 0 Å². The molecule has 0 amide bonds. The third kappa shape index (κ3) is 5.46. The van der Waals surface area contributed by atoms with Gasteiger partial charge in [-0.3, -0.25) is 0 Å². The van der Waals surface area contributed by atoms with Crippen LogP contribution in [0.3, 0.4) is 0 Å². The number of ether oxygens (including phenoxy) is 2. The minimum atomic E-state index is -0.381. The van der Waals surface area contributed by atoms with Crippen molar-refractivity contribution in [3.8, 4) is 11.5 Å². The number of benzene rings is 4. The van der Waals surface area contributed by atoms with Gasteiger partial charge in [0, 0.05) is 0 Å². The van der Waals surface area contributed by atoms with Gasteiger partial charge in [0.2, 0.25) is 0 Å². The Kier molecular flexibility index (Phi) is 6.19. The maximum Gasteiger partial charge on any atom is 0.343 e. The molecule has 0 N–H and O–H groups in total. The Morgan fingerprint density at radius 2 is 0.839 bits per heavy atom. The van der Waals surface area contributed by atoms with Crippen LogP contribution in [0.5, 0.6) is 11.5 Å². The van der Waals surface area contributed by atoms with Gasteiger partial charge in [-0.05, 0) is 66.1 Å². The lowest BCUT2D eigenvalue weighted by Gasteiger charge is -2.07. The van der Waals surface area contributed by atoms with E-state index in [4.69, 9.17) is 9.47 Å². The lowest BCUT2D eigenvalue weighted by Crippen LogP contribution is -2.08. The van der Waals surface area contributed by atoms with Crippen LogP contribution in [0, 0.1) is 0 Å². The zero-order valence-electron chi connectivity index (χ0n) is 16.7. The van der Waals surface area contributed by atoms with Crippen molar-refractivity contribution in [2.45, 2.75) is 6.42 Å². The van der Waals surface area contributed by atoms with Gasteiger partial charge >= 0.3 is 11.9 Å². The van der Waals surface area contributed by atoms with Crippen molar-refractivity contribution in [3.63, 3.8) is 0 Å². The maximum atomic E-state index is 12.1. The number of hydrogen-bond donors (Lipinski definition) is 0. The highest BCUT2D eigenvalue weighted by Crippen LogP contribution is 2.19. The van der Waals surface area contributed by atoms with Crippen LogP contribution in [0.1, 0.15) is 31.8 Å². The molecule has 0 aliphatic rings. The molecule has 0 aromatic heterocycles. The summed E-state index contributed by atoms with van der Waals surface area (Å²) in [5.74, 6) is 0.240. The summed E-state index contributed by atoms with van der Waals surface area (Å²) in [4.78, 5) is 24.3. The highest BCUT2D eigenvalue weighted by molar-refractivity contribution is 5.91. The van der Waals surface area contributed by atoms with Crippen LogP contribution >= 0.6 is 0 Å². The molecular weight excluding hydrogens is 388 g/mol. The average molecular weight is 408 g/mol. The monoisotopic (exact) mass is 408 g/mol.